The van der Waals surface area contributed by atoms with Crippen molar-refractivity contribution in [1.82, 2.24) is 9.78 Å². The summed E-state index contributed by atoms with van der Waals surface area (Å²) in [5.74, 6) is -0.668. The van der Waals surface area contributed by atoms with Crippen molar-refractivity contribution >= 4 is 17.6 Å². The van der Waals surface area contributed by atoms with Crippen molar-refractivity contribution in [3.63, 3.8) is 0 Å². The van der Waals surface area contributed by atoms with Crippen LogP contribution in [0.4, 0.5) is 32.2 Å². The van der Waals surface area contributed by atoms with E-state index in [4.69, 9.17) is 5.73 Å². The van der Waals surface area contributed by atoms with Crippen LogP contribution in [0.1, 0.15) is 31.9 Å². The van der Waals surface area contributed by atoms with E-state index in [1.54, 1.807) is 20.8 Å². The third kappa shape index (κ3) is 4.42. The number of halogens is 6. The largest absolute Gasteiger partial charge is 0.422 e. The lowest BCUT2D eigenvalue weighted by molar-refractivity contribution is -0.139. The fraction of sp³-hybridized carbons (Fsp3) is 0.400. The van der Waals surface area contributed by atoms with E-state index < -0.39 is 34.0 Å². The predicted molar refractivity (Wildman–Crippen MR) is 83.6 cm³/mol. The highest BCUT2D eigenvalue weighted by molar-refractivity contribution is 8.00. The Bertz CT molecular complexity index is 754. The molecular formula is C15H15F6N3S. The van der Waals surface area contributed by atoms with Crippen molar-refractivity contribution in [3.8, 4) is 5.69 Å². The molecule has 0 aliphatic carbocycles. The lowest BCUT2D eigenvalue weighted by Gasteiger charge is -2.17. The van der Waals surface area contributed by atoms with Gasteiger partial charge < -0.3 is 5.73 Å². The first-order chi connectivity index (χ1) is 11.2. The molecule has 0 saturated carbocycles. The topological polar surface area (TPSA) is 43.8 Å². The molecule has 2 N–H and O–H groups in total. The minimum Gasteiger partial charge on any atom is -0.383 e. The van der Waals surface area contributed by atoms with Gasteiger partial charge in [0.2, 0.25) is 0 Å². The first-order valence-corrected chi connectivity index (χ1v) is 7.84. The zero-order valence-corrected chi connectivity index (χ0v) is 14.3. The van der Waals surface area contributed by atoms with Gasteiger partial charge in [-0.3, -0.25) is 0 Å². The second-order valence-corrected chi connectivity index (χ2v) is 8.05. The predicted octanol–water partition coefficient (Wildman–Crippen LogP) is 5.38. The fourth-order valence-corrected chi connectivity index (χ4v) is 3.05. The van der Waals surface area contributed by atoms with Crippen LogP contribution in [0, 0.1) is 0 Å². The molecule has 0 unspecified atom stereocenters. The molecule has 25 heavy (non-hydrogen) atoms. The first kappa shape index (κ1) is 19.5. The van der Waals surface area contributed by atoms with Gasteiger partial charge in [0.25, 0.3) is 0 Å². The van der Waals surface area contributed by atoms with E-state index in [1.165, 1.54) is 0 Å². The Hall–Kier alpha value is -1.84. The minimum absolute atomic E-state index is 0.0109. The molecule has 0 atom stereocenters. The van der Waals surface area contributed by atoms with Crippen molar-refractivity contribution in [1.29, 1.82) is 0 Å². The van der Waals surface area contributed by atoms with E-state index in [-0.39, 0.29) is 10.7 Å². The highest BCUT2D eigenvalue weighted by Gasteiger charge is 2.41. The fourth-order valence-electron chi connectivity index (χ4n) is 2.03. The molecule has 138 valence electrons. The monoisotopic (exact) mass is 383 g/mol. The maximum atomic E-state index is 13.3. The molecule has 1 aromatic carbocycles. The Labute approximate surface area is 144 Å². The van der Waals surface area contributed by atoms with Gasteiger partial charge in [0, 0.05) is 4.75 Å². The number of hydrogen-bond donors (Lipinski definition) is 1. The minimum atomic E-state index is -4.73. The molecule has 1 aromatic heterocycles. The SMILES string of the molecule is CC(C)(C)Sc1nn(-c2ccc(C(F)(F)F)cc2)c(N)c1C(F)(F)F. The van der Waals surface area contributed by atoms with Gasteiger partial charge in [0.05, 0.1) is 11.3 Å². The van der Waals surface area contributed by atoms with Crippen LogP contribution >= 0.6 is 11.8 Å². The molecule has 3 nitrogen and oxygen atoms in total. The molecule has 0 spiro atoms. The number of nitrogens with zero attached hydrogens (tertiary/aromatic N) is 2. The normalized spacial score (nSPS) is 13.3. The second-order valence-electron chi connectivity index (χ2n) is 6.23. The van der Waals surface area contributed by atoms with E-state index in [2.05, 4.69) is 5.10 Å². The van der Waals surface area contributed by atoms with E-state index in [0.717, 1.165) is 40.7 Å². The summed E-state index contributed by atoms with van der Waals surface area (Å²) in [6, 6.07) is 3.58. The van der Waals surface area contributed by atoms with Crippen molar-refractivity contribution in [2.45, 2.75) is 42.9 Å². The van der Waals surface area contributed by atoms with Crippen molar-refractivity contribution in [2.24, 2.45) is 0 Å². The number of benzene rings is 1. The maximum absolute atomic E-state index is 13.3. The van der Waals surface area contributed by atoms with Crippen LogP contribution in [0.15, 0.2) is 29.3 Å². The van der Waals surface area contributed by atoms with Crippen LogP contribution < -0.4 is 5.73 Å². The maximum Gasteiger partial charge on any atom is 0.422 e. The Balaban J connectivity index is 2.55. The highest BCUT2D eigenvalue weighted by atomic mass is 32.2. The van der Waals surface area contributed by atoms with Gasteiger partial charge in [-0.15, -0.1) is 0 Å². The lowest BCUT2D eigenvalue weighted by atomic mass is 10.2. The third-order valence-corrected chi connectivity index (χ3v) is 4.11. The lowest BCUT2D eigenvalue weighted by Crippen LogP contribution is -2.12. The first-order valence-electron chi connectivity index (χ1n) is 7.02. The summed E-state index contributed by atoms with van der Waals surface area (Å²) in [7, 11) is 0. The van der Waals surface area contributed by atoms with Gasteiger partial charge >= 0.3 is 12.4 Å². The zero-order valence-electron chi connectivity index (χ0n) is 13.5. The van der Waals surface area contributed by atoms with Crippen LogP contribution in [-0.2, 0) is 12.4 Å². The summed E-state index contributed by atoms with van der Waals surface area (Å²) in [5, 5.41) is 3.56. The van der Waals surface area contributed by atoms with Crippen molar-refractivity contribution in [2.75, 3.05) is 5.73 Å². The summed E-state index contributed by atoms with van der Waals surface area (Å²) in [6.07, 6.45) is -9.28. The second kappa shape index (κ2) is 6.15. The summed E-state index contributed by atoms with van der Waals surface area (Å²) in [5.41, 5.74) is 3.62. The molecule has 0 amide bonds. The Morgan fingerprint density at radius 2 is 1.44 bits per heavy atom. The molecule has 1 heterocycles. The molecule has 0 aliphatic rings. The summed E-state index contributed by atoms with van der Waals surface area (Å²) >= 11 is 0.879. The smallest absolute Gasteiger partial charge is 0.383 e. The summed E-state index contributed by atoms with van der Waals surface area (Å²) in [6.45, 7) is 5.14. The van der Waals surface area contributed by atoms with Gasteiger partial charge in [-0.25, -0.2) is 4.68 Å². The highest BCUT2D eigenvalue weighted by Crippen LogP contribution is 2.44. The molecule has 0 bridgehead atoms. The molecule has 0 aliphatic heterocycles. The van der Waals surface area contributed by atoms with Gasteiger partial charge in [0.15, 0.2) is 0 Å². The summed E-state index contributed by atoms with van der Waals surface area (Å²) in [4.78, 5) is 0. The Kier molecular flexibility index (Phi) is 4.79. The average Bonchev–Trinajstić information content (AvgIpc) is 2.72. The number of anilines is 1. The Morgan fingerprint density at radius 3 is 1.84 bits per heavy atom. The number of aromatic nitrogens is 2. The van der Waals surface area contributed by atoms with Crippen molar-refractivity contribution < 1.29 is 26.3 Å². The molecule has 0 fully saturated rings. The number of alkyl halides is 6. The van der Waals surface area contributed by atoms with E-state index >= 15 is 0 Å². The van der Waals surface area contributed by atoms with Gasteiger partial charge in [0.1, 0.15) is 16.4 Å². The van der Waals surface area contributed by atoms with Crippen molar-refractivity contribution in [3.05, 3.63) is 35.4 Å². The van der Waals surface area contributed by atoms with Crippen LogP contribution in [0.3, 0.4) is 0 Å². The van der Waals surface area contributed by atoms with Gasteiger partial charge in [-0.1, -0.05) is 32.5 Å². The molecule has 0 saturated heterocycles. The molecule has 2 rings (SSSR count). The standard InChI is InChI=1S/C15H15F6N3S/c1-13(2,3)25-12-10(15(19,20)21)11(22)24(23-12)9-6-4-8(5-7-9)14(16,17)18/h4-7H,22H2,1-3H3. The summed E-state index contributed by atoms with van der Waals surface area (Å²) < 4.78 is 78.1. The van der Waals surface area contributed by atoms with Gasteiger partial charge in [-0.2, -0.15) is 31.4 Å². The third-order valence-electron chi connectivity index (χ3n) is 3.01. The van der Waals surface area contributed by atoms with E-state index in [1.807, 2.05) is 0 Å². The number of hydrogen-bond acceptors (Lipinski definition) is 3. The molecular weight excluding hydrogens is 368 g/mol. The van der Waals surface area contributed by atoms with Crippen LogP contribution in [0.25, 0.3) is 5.69 Å². The molecule has 10 heteroatoms. The van der Waals surface area contributed by atoms with Crippen LogP contribution in [0.2, 0.25) is 0 Å². The number of thioether (sulfide) groups is 1. The van der Waals surface area contributed by atoms with E-state index in [0.29, 0.717) is 0 Å². The van der Waals surface area contributed by atoms with E-state index in [9.17, 15) is 26.3 Å². The Morgan fingerprint density at radius 1 is 0.920 bits per heavy atom. The average molecular weight is 383 g/mol. The number of nitrogen functional groups attached to an aromatic ring is 1. The quantitative estimate of drug-likeness (QED) is 0.559. The molecule has 2 aromatic rings. The van der Waals surface area contributed by atoms with Gasteiger partial charge in [-0.05, 0) is 24.3 Å². The number of rotatable bonds is 2. The van der Waals surface area contributed by atoms with Crippen LogP contribution in [-0.4, -0.2) is 14.5 Å². The molecule has 0 radical (unpaired) electrons. The number of nitrogens with two attached hydrogens (primary N) is 1. The van der Waals surface area contributed by atoms with Crippen LogP contribution in [0.5, 0.6) is 0 Å². The zero-order chi connectivity index (χ0) is 19.2.